The number of nitrogens with zero attached hydrogens (tertiary/aromatic N) is 4. The Balaban J connectivity index is 0.000000250. The zero-order valence-electron chi connectivity index (χ0n) is 25.5. The van der Waals surface area contributed by atoms with Crippen LogP contribution in [0.2, 0.25) is 0 Å². The van der Waals surface area contributed by atoms with Crippen molar-refractivity contribution in [3.8, 4) is 5.88 Å². The van der Waals surface area contributed by atoms with Gasteiger partial charge in [-0.15, -0.1) is 6.58 Å². The molecule has 5 rings (SSSR count). The summed E-state index contributed by atoms with van der Waals surface area (Å²) in [6, 6.07) is 8.41. The van der Waals surface area contributed by atoms with Crippen LogP contribution in [0.3, 0.4) is 0 Å². The molecule has 1 aromatic carbocycles. The molecule has 1 amide bonds. The number of sulfonamides is 1. The lowest BCUT2D eigenvalue weighted by Gasteiger charge is -2.26. The van der Waals surface area contributed by atoms with Gasteiger partial charge in [0.25, 0.3) is 0 Å². The van der Waals surface area contributed by atoms with Crippen molar-refractivity contribution in [1.82, 2.24) is 24.2 Å². The molecule has 0 radical (unpaired) electrons. The van der Waals surface area contributed by atoms with Crippen LogP contribution in [0.25, 0.3) is 11.0 Å². The van der Waals surface area contributed by atoms with Crippen molar-refractivity contribution in [2.75, 3.05) is 45.2 Å². The van der Waals surface area contributed by atoms with Crippen LogP contribution in [-0.4, -0.2) is 80.4 Å². The summed E-state index contributed by atoms with van der Waals surface area (Å²) in [4.78, 5) is 30.8. The fraction of sp³-hybridized carbons (Fsp3) is 0.484. The molecular formula is C31H45N7O5S. The molecule has 240 valence electrons. The first-order chi connectivity index (χ1) is 21.4. The number of aromatic nitrogens is 3. The van der Waals surface area contributed by atoms with Crippen molar-refractivity contribution < 1.29 is 22.7 Å². The van der Waals surface area contributed by atoms with Gasteiger partial charge in [0.15, 0.2) is 0 Å². The maximum absolute atomic E-state index is 11.6. The lowest BCUT2D eigenvalue weighted by molar-refractivity contribution is -0.106. The predicted octanol–water partition coefficient (Wildman–Crippen LogP) is 3.91. The summed E-state index contributed by atoms with van der Waals surface area (Å²) < 4.78 is 33.8. The molecule has 4 N–H and O–H groups in total. The number of hydrogen-bond acceptors (Lipinski definition) is 9. The molecule has 2 fully saturated rings. The normalized spacial score (nSPS) is 15.7. The Morgan fingerprint density at radius 2 is 1.80 bits per heavy atom. The van der Waals surface area contributed by atoms with Gasteiger partial charge in [-0.3, -0.25) is 14.5 Å². The van der Waals surface area contributed by atoms with Gasteiger partial charge in [0, 0.05) is 37.8 Å². The maximum Gasteiger partial charge on any atom is 0.240 e. The number of nitrogens with two attached hydrogens (primary N) is 1. The molecule has 0 spiro atoms. The van der Waals surface area contributed by atoms with E-state index in [2.05, 4.69) is 42.9 Å². The zero-order valence-corrected chi connectivity index (χ0v) is 26.3. The molecule has 44 heavy (non-hydrogen) atoms. The summed E-state index contributed by atoms with van der Waals surface area (Å²) >= 11 is 0. The van der Waals surface area contributed by atoms with Gasteiger partial charge in [0.1, 0.15) is 18.4 Å². The number of pyridine rings is 1. The fourth-order valence-electron chi connectivity index (χ4n) is 5.41. The molecule has 3 heterocycles. The zero-order chi connectivity index (χ0) is 31.8. The highest BCUT2D eigenvalue weighted by Gasteiger charge is 2.22. The number of fused-ring (bicyclic) bond motifs is 1. The van der Waals surface area contributed by atoms with E-state index in [1.807, 2.05) is 13.2 Å². The molecule has 0 unspecified atom stereocenters. The third-order valence-corrected chi connectivity index (χ3v) is 8.96. The van der Waals surface area contributed by atoms with Gasteiger partial charge >= 0.3 is 0 Å². The van der Waals surface area contributed by atoms with Crippen molar-refractivity contribution in [2.24, 2.45) is 5.73 Å². The Morgan fingerprint density at radius 3 is 2.45 bits per heavy atom. The Labute approximate surface area is 260 Å². The van der Waals surface area contributed by atoms with Crippen LogP contribution in [0.1, 0.15) is 67.8 Å². The average molecular weight is 628 g/mol. The monoisotopic (exact) mass is 627 g/mol. The van der Waals surface area contributed by atoms with Gasteiger partial charge in [-0.25, -0.2) is 23.1 Å². The number of anilines is 1. The highest BCUT2D eigenvalue weighted by atomic mass is 32.2. The van der Waals surface area contributed by atoms with Crippen LogP contribution in [0.4, 0.5) is 5.95 Å². The number of benzene rings is 1. The summed E-state index contributed by atoms with van der Waals surface area (Å²) in [7, 11) is -1.59. The number of likely N-dealkylation sites (tertiary alicyclic amines) is 1. The number of imidazole rings is 1. The number of carbonyl (C=O) groups is 2. The summed E-state index contributed by atoms with van der Waals surface area (Å²) in [6.45, 7) is 7.67. The Bertz CT molecular complexity index is 1450. The summed E-state index contributed by atoms with van der Waals surface area (Å²) in [5.74, 6) is 1.66. The molecule has 0 bridgehead atoms. The number of rotatable bonds is 11. The van der Waals surface area contributed by atoms with E-state index in [0.29, 0.717) is 30.4 Å². The molecule has 1 saturated heterocycles. The Morgan fingerprint density at radius 1 is 1.09 bits per heavy atom. The smallest absolute Gasteiger partial charge is 0.240 e. The van der Waals surface area contributed by atoms with Crippen LogP contribution in [0, 0.1) is 0 Å². The van der Waals surface area contributed by atoms with Crippen LogP contribution in [0.15, 0.2) is 54.1 Å². The lowest BCUT2D eigenvalue weighted by Crippen LogP contribution is -2.33. The number of hydrogen-bond donors (Lipinski definition) is 3. The first-order valence-electron chi connectivity index (χ1n) is 15.1. The highest BCUT2D eigenvalue weighted by Crippen LogP contribution is 2.34. The van der Waals surface area contributed by atoms with E-state index in [9.17, 15) is 13.2 Å². The molecule has 3 aromatic rings. The molecule has 13 heteroatoms. The second-order valence-corrected chi connectivity index (χ2v) is 12.3. The highest BCUT2D eigenvalue weighted by molar-refractivity contribution is 7.89. The molecule has 12 nitrogen and oxygen atoms in total. The molecule has 2 aromatic heterocycles. The summed E-state index contributed by atoms with van der Waals surface area (Å²) in [5.41, 5.74) is 6.59. The predicted molar refractivity (Wildman–Crippen MR) is 172 cm³/mol. The minimum atomic E-state index is -3.54. The first kappa shape index (κ1) is 34.7. The van der Waals surface area contributed by atoms with Crippen molar-refractivity contribution in [1.29, 1.82) is 0 Å². The SMILES string of the molecule is C=CCNS(=O)(=O)c1cccc(C=O)c1.CNc1nc2cnc(OCCN3CCCCC3)cc2n1C1CCCCC1.NC=O. The van der Waals surface area contributed by atoms with Gasteiger partial charge in [-0.2, -0.15) is 0 Å². The van der Waals surface area contributed by atoms with Crippen molar-refractivity contribution in [3.05, 3.63) is 54.7 Å². The van der Waals surface area contributed by atoms with Gasteiger partial charge in [0.2, 0.25) is 28.3 Å². The van der Waals surface area contributed by atoms with Crippen LogP contribution in [0.5, 0.6) is 5.88 Å². The number of piperidine rings is 1. The van der Waals surface area contributed by atoms with E-state index < -0.39 is 10.0 Å². The second-order valence-electron chi connectivity index (χ2n) is 10.6. The van der Waals surface area contributed by atoms with Gasteiger partial charge in [0.05, 0.1) is 16.6 Å². The molecule has 1 saturated carbocycles. The molecular weight excluding hydrogens is 582 g/mol. The van der Waals surface area contributed by atoms with Crippen LogP contribution < -0.4 is 20.5 Å². The van der Waals surface area contributed by atoms with Crippen molar-refractivity contribution in [2.45, 2.75) is 62.3 Å². The Kier molecular flexibility index (Phi) is 14.3. The second kappa shape index (κ2) is 18.1. The van der Waals surface area contributed by atoms with E-state index in [0.717, 1.165) is 23.5 Å². The first-order valence-corrected chi connectivity index (χ1v) is 16.6. The number of aldehydes is 1. The van der Waals surface area contributed by atoms with Gasteiger partial charge in [-0.1, -0.05) is 43.9 Å². The molecule has 1 aliphatic heterocycles. The largest absolute Gasteiger partial charge is 0.476 e. The van der Waals surface area contributed by atoms with E-state index in [1.165, 1.54) is 88.7 Å². The third kappa shape index (κ3) is 10.1. The topological polar surface area (TPSA) is 162 Å². The number of amides is 1. The quantitative estimate of drug-likeness (QED) is 0.211. The van der Waals surface area contributed by atoms with Gasteiger partial charge in [-0.05, 0) is 50.9 Å². The van der Waals surface area contributed by atoms with E-state index in [4.69, 9.17) is 14.5 Å². The number of nitrogens with one attached hydrogen (secondary N) is 2. The van der Waals surface area contributed by atoms with Crippen LogP contribution >= 0.6 is 0 Å². The Hall–Kier alpha value is -3.81. The third-order valence-electron chi connectivity index (χ3n) is 7.54. The van der Waals surface area contributed by atoms with E-state index in [1.54, 1.807) is 6.07 Å². The summed E-state index contributed by atoms with van der Waals surface area (Å²) in [6.07, 6.45) is 14.6. The molecule has 0 atom stereocenters. The van der Waals surface area contributed by atoms with Gasteiger partial charge < -0.3 is 20.4 Å². The average Bonchev–Trinajstić information content (AvgIpc) is 3.43. The van der Waals surface area contributed by atoms with Crippen molar-refractivity contribution >= 4 is 39.7 Å². The number of ether oxygens (including phenoxy) is 1. The number of primary amides is 1. The maximum atomic E-state index is 11.6. The lowest BCUT2D eigenvalue weighted by atomic mass is 9.95. The molecule has 1 aliphatic carbocycles. The number of carbonyl (C=O) groups excluding carboxylic acids is 2. The minimum absolute atomic E-state index is 0.0777. The summed E-state index contributed by atoms with van der Waals surface area (Å²) in [5, 5.41) is 3.26. The van der Waals surface area contributed by atoms with Crippen LogP contribution in [-0.2, 0) is 14.8 Å². The standard InChI is InChI=1S/C20H31N5O.C10H11NO3S.CH3NO/c1-21-20-23-17-15-22-19(26-13-12-24-10-6-3-7-11-24)14-18(17)25(20)16-8-4-2-5-9-16;1-2-6-11-15(13,14)10-5-3-4-9(7-10)8-12;2-1-3/h14-16H,2-13H2,1H3,(H,21,23);2-5,7-8,11H,1,6H2;1H,(H2,2,3). The van der Waals surface area contributed by atoms with E-state index in [-0.39, 0.29) is 17.9 Å². The van der Waals surface area contributed by atoms with Crippen molar-refractivity contribution in [3.63, 3.8) is 0 Å². The fourth-order valence-corrected chi connectivity index (χ4v) is 6.47. The molecule has 2 aliphatic rings. The minimum Gasteiger partial charge on any atom is -0.476 e. The van der Waals surface area contributed by atoms with E-state index >= 15 is 0 Å².